The molecule has 32 heteroatoms. The fraction of sp³-hybridized carbons (Fsp3) is 0.586. The van der Waals surface area contributed by atoms with Crippen molar-refractivity contribution in [1.29, 1.82) is 0 Å². The number of nitrogens with zero attached hydrogens (tertiary/aromatic N) is 9. The van der Waals surface area contributed by atoms with Gasteiger partial charge in [-0.1, -0.05) is 20.4 Å². The summed E-state index contributed by atoms with van der Waals surface area (Å²) in [5.41, 5.74) is 0. The van der Waals surface area contributed by atoms with Gasteiger partial charge < -0.3 is 38.3 Å². The molecule has 4 aromatic heterocycles. The van der Waals surface area contributed by atoms with E-state index in [-0.39, 0.29) is 81.8 Å². The van der Waals surface area contributed by atoms with Gasteiger partial charge in [-0.15, -0.1) is 20.4 Å². The number of rotatable bonds is 24. The van der Waals surface area contributed by atoms with Crippen molar-refractivity contribution >= 4 is 63.0 Å². The Morgan fingerprint density at radius 1 is 0.557 bits per heavy atom. The van der Waals surface area contributed by atoms with Crippen LogP contribution in [0, 0.1) is 0 Å². The third-order valence-corrected chi connectivity index (χ3v) is 11.2. The van der Waals surface area contributed by atoms with Gasteiger partial charge in [-0.05, 0) is 6.42 Å². The van der Waals surface area contributed by atoms with Gasteiger partial charge in [0.05, 0.1) is 11.8 Å². The predicted octanol–water partition coefficient (Wildman–Crippen LogP) is -2.72. The maximum Gasteiger partial charge on any atom is 0.335 e. The number of hydrogen-bond acceptors (Lipinski definition) is 24. The van der Waals surface area contributed by atoms with E-state index in [2.05, 4.69) is 51.4 Å². The van der Waals surface area contributed by atoms with Gasteiger partial charge in [-0.3, -0.25) is 19.2 Å². The standard InChI is InChI=1S/C29H39N11O17S4/c1-58(46,47)26-36-32-20(54-26)14-16(24-34-38-28(56-24)60(3,50)51)12-18(41)30-8-10-40(22(43)6-5-7-23(44)45)11-9-31-19(42)13-17(25-35-39-29(57-25)61(4,52)53)15-21-33-37-27(55-21)59(2,48)49/h16-17H,5-15H2,1-4H3,(H,30,41)(H,31,42)(H,44,45). The van der Waals surface area contributed by atoms with Crippen LogP contribution in [0.25, 0.3) is 0 Å². The minimum atomic E-state index is -3.95. The Bertz CT molecular complexity index is 2500. The van der Waals surface area contributed by atoms with Crippen LogP contribution in [0.4, 0.5) is 0 Å². The Morgan fingerprint density at radius 3 is 1.25 bits per heavy atom. The summed E-state index contributed by atoms with van der Waals surface area (Å²) in [7, 11) is -15.7. The van der Waals surface area contributed by atoms with Gasteiger partial charge in [0.2, 0.25) is 80.6 Å². The third kappa shape index (κ3) is 14.7. The van der Waals surface area contributed by atoms with Crippen molar-refractivity contribution in [3.8, 4) is 0 Å². The Balaban J connectivity index is 1.42. The molecule has 0 saturated heterocycles. The highest BCUT2D eigenvalue weighted by Gasteiger charge is 2.30. The van der Waals surface area contributed by atoms with E-state index < -0.39 is 109 Å². The number of nitrogens with one attached hydrogen (secondary N) is 2. The number of aromatic nitrogens is 8. The van der Waals surface area contributed by atoms with Gasteiger partial charge >= 0.3 is 26.9 Å². The van der Waals surface area contributed by atoms with Gasteiger partial charge in [0.1, 0.15) is 0 Å². The van der Waals surface area contributed by atoms with Gasteiger partial charge in [-0.25, -0.2) is 33.7 Å². The summed E-state index contributed by atoms with van der Waals surface area (Å²) >= 11 is 0. The first kappa shape index (κ1) is 47.9. The van der Waals surface area contributed by atoms with E-state index in [0.717, 1.165) is 25.0 Å². The Morgan fingerprint density at radius 2 is 0.918 bits per heavy atom. The van der Waals surface area contributed by atoms with E-state index in [9.17, 15) is 52.8 Å². The lowest BCUT2D eigenvalue weighted by atomic mass is 10.0. The maximum atomic E-state index is 13.1. The van der Waals surface area contributed by atoms with Crippen LogP contribution in [0.2, 0.25) is 0 Å². The summed E-state index contributed by atoms with van der Waals surface area (Å²) in [5.74, 6) is -6.41. The number of carboxylic acid groups (broad SMARTS) is 1. The molecule has 4 heterocycles. The van der Waals surface area contributed by atoms with Gasteiger partial charge in [0.15, 0.2) is 0 Å². The van der Waals surface area contributed by atoms with Crippen LogP contribution >= 0.6 is 0 Å². The highest BCUT2D eigenvalue weighted by Crippen LogP contribution is 2.26. The van der Waals surface area contributed by atoms with Crippen LogP contribution in [-0.4, -0.2) is 159 Å². The zero-order valence-electron chi connectivity index (χ0n) is 32.6. The van der Waals surface area contributed by atoms with Crippen molar-refractivity contribution in [2.24, 2.45) is 0 Å². The number of amides is 3. The quantitative estimate of drug-likeness (QED) is 0.0642. The Labute approximate surface area is 346 Å². The number of carbonyl (C=O) groups is 4. The molecule has 4 rings (SSSR count). The molecule has 0 aliphatic carbocycles. The highest BCUT2D eigenvalue weighted by molar-refractivity contribution is 7.91. The number of carbonyl (C=O) groups excluding carboxylic acids is 3. The highest BCUT2D eigenvalue weighted by atomic mass is 32.2. The summed E-state index contributed by atoms with van der Waals surface area (Å²) in [6.07, 6.45) is 1.12. The summed E-state index contributed by atoms with van der Waals surface area (Å²) in [6.45, 7) is -0.694. The van der Waals surface area contributed by atoms with E-state index in [1.807, 2.05) is 0 Å². The molecule has 0 radical (unpaired) electrons. The van der Waals surface area contributed by atoms with Gasteiger partial charge in [-0.2, -0.15) is 0 Å². The summed E-state index contributed by atoms with van der Waals surface area (Å²) in [5, 5.41) is 39.8. The molecule has 0 saturated carbocycles. The topological polar surface area (TPSA) is 408 Å². The van der Waals surface area contributed by atoms with Gasteiger partial charge in [0, 0.05) is 89.7 Å². The smallest absolute Gasteiger partial charge is 0.335 e. The van der Waals surface area contributed by atoms with Crippen LogP contribution in [0.1, 0.15) is 67.5 Å². The van der Waals surface area contributed by atoms with E-state index >= 15 is 0 Å². The largest absolute Gasteiger partial charge is 0.481 e. The zero-order chi connectivity index (χ0) is 45.3. The van der Waals surface area contributed by atoms with Crippen molar-refractivity contribution in [3.63, 3.8) is 0 Å². The molecule has 2 unspecified atom stereocenters. The molecule has 0 fully saturated rings. The van der Waals surface area contributed by atoms with E-state index in [1.165, 1.54) is 4.90 Å². The number of hydrogen-bond donors (Lipinski definition) is 3. The fourth-order valence-corrected chi connectivity index (χ4v) is 6.81. The molecule has 0 aliphatic heterocycles. The summed E-state index contributed by atoms with van der Waals surface area (Å²) in [4.78, 5) is 51.7. The van der Waals surface area contributed by atoms with Crippen molar-refractivity contribution in [2.75, 3.05) is 51.2 Å². The fourth-order valence-electron chi connectivity index (χ4n) is 5.09. The minimum absolute atomic E-state index is 0.0283. The maximum absolute atomic E-state index is 13.1. The monoisotopic (exact) mass is 941 g/mol. The molecule has 3 N–H and O–H groups in total. The van der Waals surface area contributed by atoms with Crippen LogP contribution in [0.15, 0.2) is 38.6 Å². The summed E-state index contributed by atoms with van der Waals surface area (Å²) in [6, 6.07) is 0. The second-order valence-corrected chi connectivity index (χ2v) is 20.9. The van der Waals surface area contributed by atoms with Gasteiger partial charge in [0.25, 0.3) is 0 Å². The first-order chi connectivity index (χ1) is 28.3. The molecule has 4 aromatic rings. The van der Waals surface area contributed by atoms with E-state index in [1.54, 1.807) is 0 Å². The molecule has 336 valence electrons. The predicted molar refractivity (Wildman–Crippen MR) is 196 cm³/mol. The Kier molecular flexibility index (Phi) is 15.5. The molecular formula is C29H39N11O17S4. The van der Waals surface area contributed by atoms with Crippen LogP contribution < -0.4 is 10.6 Å². The lowest BCUT2D eigenvalue weighted by Crippen LogP contribution is -2.43. The molecule has 3 amide bonds. The number of sulfone groups is 4. The Hall–Kier alpha value is -5.76. The zero-order valence-corrected chi connectivity index (χ0v) is 35.8. The number of aliphatic carboxylic acids is 1. The lowest BCUT2D eigenvalue weighted by molar-refractivity contribution is -0.137. The summed E-state index contributed by atoms with van der Waals surface area (Å²) < 4.78 is 116. The third-order valence-electron chi connectivity index (χ3n) is 7.96. The lowest BCUT2D eigenvalue weighted by Gasteiger charge is -2.23. The average molecular weight is 942 g/mol. The minimum Gasteiger partial charge on any atom is -0.481 e. The molecule has 61 heavy (non-hydrogen) atoms. The SMILES string of the molecule is CS(=O)(=O)c1nnc(CC(CC(=O)NCCN(CCNC(=O)CC(Cc2nnc(S(C)(=O)=O)o2)c2nnc(S(C)(=O)=O)o2)C(=O)CCCC(=O)O)c2nnc(S(C)(=O)=O)o2)o1. The number of carboxylic acids is 1. The second-order valence-electron chi connectivity index (χ2n) is 13.4. The normalized spacial score (nSPS) is 13.4. The van der Waals surface area contributed by atoms with Crippen molar-refractivity contribution < 1.29 is 75.6 Å². The molecule has 28 nitrogen and oxygen atoms in total. The van der Waals surface area contributed by atoms with Crippen molar-refractivity contribution in [1.82, 2.24) is 56.3 Å². The first-order valence-electron chi connectivity index (χ1n) is 17.4. The molecule has 2 atom stereocenters. The van der Waals surface area contributed by atoms with E-state index in [4.69, 9.17) is 22.8 Å². The second kappa shape index (κ2) is 19.7. The van der Waals surface area contributed by atoms with Crippen LogP contribution in [0.3, 0.4) is 0 Å². The molecule has 0 bridgehead atoms. The molecule has 0 aromatic carbocycles. The molecular weight excluding hydrogens is 903 g/mol. The van der Waals surface area contributed by atoms with E-state index in [0.29, 0.717) is 0 Å². The first-order valence-corrected chi connectivity index (χ1v) is 25.0. The average Bonchev–Trinajstić information content (AvgIpc) is 3.96. The van der Waals surface area contributed by atoms with Crippen molar-refractivity contribution in [3.05, 3.63) is 23.6 Å². The van der Waals surface area contributed by atoms with Crippen molar-refractivity contribution in [2.45, 2.75) is 77.7 Å². The molecule has 0 spiro atoms. The molecule has 0 aliphatic rings. The van der Waals surface area contributed by atoms with Crippen LogP contribution in [-0.2, 0) is 71.4 Å². The van der Waals surface area contributed by atoms with Crippen LogP contribution in [0.5, 0.6) is 0 Å².